The minimum atomic E-state index is -1.56. The van der Waals surface area contributed by atoms with E-state index < -0.39 is 76.5 Å². The highest BCUT2D eigenvalue weighted by molar-refractivity contribution is 6.05. The molecule has 0 aromatic carbocycles. The first kappa shape index (κ1) is 55.5. The quantitative estimate of drug-likeness (QED) is 0.0271. The molecule has 0 fully saturated rings. The molecule has 0 aliphatic rings. The number of ketones is 2. The van der Waals surface area contributed by atoms with Gasteiger partial charge in [-0.1, -0.05) is 47.8 Å². The lowest BCUT2D eigenvalue weighted by Gasteiger charge is -2.38. The predicted molar refractivity (Wildman–Crippen MR) is 223 cm³/mol. The average Bonchev–Trinajstić information content (AvgIpc) is 3.20. The molecule has 0 aromatic heterocycles. The van der Waals surface area contributed by atoms with E-state index in [1.54, 1.807) is 27.7 Å². The van der Waals surface area contributed by atoms with Gasteiger partial charge in [-0.05, 0) is 87.0 Å². The summed E-state index contributed by atoms with van der Waals surface area (Å²) in [5, 5.41) is 0. The van der Waals surface area contributed by atoms with Crippen LogP contribution in [0.25, 0.3) is 0 Å². The molecule has 0 aliphatic carbocycles. The summed E-state index contributed by atoms with van der Waals surface area (Å²) in [6.45, 7) is 29.1. The number of rotatable bonds is 34. The molecule has 0 aliphatic heterocycles. The van der Waals surface area contributed by atoms with E-state index in [2.05, 4.69) is 13.2 Å². The van der Waals surface area contributed by atoms with Crippen molar-refractivity contribution in [1.82, 2.24) is 0 Å². The second-order valence-electron chi connectivity index (χ2n) is 15.8. The van der Waals surface area contributed by atoms with Gasteiger partial charge in [0, 0.05) is 37.3 Å². The molecule has 0 amide bonds. The van der Waals surface area contributed by atoms with Crippen LogP contribution in [0.4, 0.5) is 0 Å². The second kappa shape index (κ2) is 28.1. The third-order valence-electron chi connectivity index (χ3n) is 11.1. The van der Waals surface area contributed by atoms with Crippen LogP contribution in [0, 0.1) is 11.3 Å². The van der Waals surface area contributed by atoms with Crippen molar-refractivity contribution < 1.29 is 66.7 Å². The highest BCUT2D eigenvalue weighted by Crippen LogP contribution is 2.34. The lowest BCUT2D eigenvalue weighted by atomic mass is 9.73. The number of hydrogen-bond donors (Lipinski definition) is 0. The molecule has 0 bridgehead atoms. The van der Waals surface area contributed by atoms with Crippen LogP contribution in [0.1, 0.15) is 141 Å². The van der Waals surface area contributed by atoms with Crippen LogP contribution in [-0.4, -0.2) is 110 Å². The van der Waals surface area contributed by atoms with Gasteiger partial charge in [-0.15, -0.1) is 0 Å². The fourth-order valence-corrected chi connectivity index (χ4v) is 7.02. The monoisotopic (exact) mass is 841 g/mol. The van der Waals surface area contributed by atoms with Crippen LogP contribution < -0.4 is 0 Å². The van der Waals surface area contributed by atoms with Gasteiger partial charge in [0.1, 0.15) is 37.0 Å². The SMILES string of the molecule is C=CC(=O)OC(C)COC(C)CC(CC)(CC)OC(C)COC(=O)CCC(CCC(=O)OCC(C)OCC(C)C(CC)(CC)OCC(C)OC(=O)C=C)(C(C)=O)C(C)=O. The van der Waals surface area contributed by atoms with Crippen molar-refractivity contribution in [3.63, 3.8) is 0 Å². The van der Waals surface area contributed by atoms with Gasteiger partial charge in [-0.2, -0.15) is 0 Å². The van der Waals surface area contributed by atoms with Crippen LogP contribution in [0.15, 0.2) is 25.3 Å². The predicted octanol–water partition coefficient (Wildman–Crippen LogP) is 7.41. The molecule has 0 rings (SSSR count). The maximum absolute atomic E-state index is 12.9. The topological polar surface area (TPSA) is 176 Å². The number of carbonyl (C=O) groups excluding carboxylic acids is 6. The van der Waals surface area contributed by atoms with E-state index in [9.17, 15) is 28.8 Å². The van der Waals surface area contributed by atoms with E-state index in [1.807, 2.05) is 41.5 Å². The Balaban J connectivity index is 5.14. The lowest BCUT2D eigenvalue weighted by molar-refractivity contribution is -0.162. The van der Waals surface area contributed by atoms with Crippen molar-refractivity contribution >= 4 is 35.4 Å². The maximum atomic E-state index is 12.9. The van der Waals surface area contributed by atoms with Crippen molar-refractivity contribution in [3.05, 3.63) is 25.3 Å². The summed E-state index contributed by atoms with van der Waals surface area (Å²) in [5.74, 6) is -3.16. The van der Waals surface area contributed by atoms with Gasteiger partial charge in [-0.25, -0.2) is 9.59 Å². The molecule has 14 heteroatoms. The zero-order chi connectivity index (χ0) is 45.4. The average molecular weight is 841 g/mol. The highest BCUT2D eigenvalue weighted by Gasteiger charge is 2.41. The van der Waals surface area contributed by atoms with Gasteiger partial charge in [0.15, 0.2) is 0 Å². The van der Waals surface area contributed by atoms with Gasteiger partial charge >= 0.3 is 23.9 Å². The molecule has 0 N–H and O–H groups in total. The van der Waals surface area contributed by atoms with E-state index in [4.69, 9.17) is 37.9 Å². The normalized spacial score (nSPS) is 15.1. The van der Waals surface area contributed by atoms with Crippen molar-refractivity contribution in [2.24, 2.45) is 11.3 Å². The Morgan fingerprint density at radius 3 is 1.42 bits per heavy atom. The summed E-state index contributed by atoms with van der Waals surface area (Å²) in [6, 6.07) is 0. The zero-order valence-electron chi connectivity index (χ0n) is 38.1. The van der Waals surface area contributed by atoms with E-state index in [-0.39, 0.29) is 64.1 Å². The van der Waals surface area contributed by atoms with Crippen molar-refractivity contribution in [1.29, 1.82) is 0 Å². The fraction of sp³-hybridized carbons (Fsp3) is 0.778. The van der Waals surface area contributed by atoms with Crippen LogP contribution in [-0.2, 0) is 66.7 Å². The van der Waals surface area contributed by atoms with E-state index in [0.29, 0.717) is 38.7 Å². The van der Waals surface area contributed by atoms with E-state index in [1.165, 1.54) is 13.8 Å². The summed E-state index contributed by atoms with van der Waals surface area (Å²) >= 11 is 0. The molecule has 59 heavy (non-hydrogen) atoms. The lowest BCUT2D eigenvalue weighted by Crippen LogP contribution is -2.43. The molecular weight excluding hydrogens is 764 g/mol. The summed E-state index contributed by atoms with van der Waals surface area (Å²) < 4.78 is 46.0. The summed E-state index contributed by atoms with van der Waals surface area (Å²) in [5.41, 5.74) is -2.64. The Labute approximate surface area is 353 Å². The Morgan fingerprint density at radius 2 is 1.00 bits per heavy atom. The number of ether oxygens (including phenoxy) is 8. The molecule has 340 valence electrons. The third-order valence-corrected chi connectivity index (χ3v) is 11.1. The first-order valence-corrected chi connectivity index (χ1v) is 21.2. The zero-order valence-corrected chi connectivity index (χ0v) is 38.1. The van der Waals surface area contributed by atoms with Crippen LogP contribution >= 0.6 is 0 Å². The smallest absolute Gasteiger partial charge is 0.330 e. The first-order valence-electron chi connectivity index (χ1n) is 21.2. The molecular formula is C45H76O14. The largest absolute Gasteiger partial charge is 0.463 e. The molecule has 0 aromatic rings. The molecule has 0 radical (unpaired) electrons. The number of esters is 4. The molecule has 0 heterocycles. The van der Waals surface area contributed by atoms with Crippen LogP contribution in [0.2, 0.25) is 0 Å². The standard InChI is InChI=1S/C45H76O14/c1-15-39(48)57-34(10)28-53-32(8)25-43(17-3,18-4)59-36(12)29-55-42(51)22-24-44(37(13)46,38(14)47)23-21-41(50)54-27-33(9)52-26-31(7)45(19-5,20-6)56-30-35(11)58-40(49)16-2/h15-16,31-36H,1-2,17-30H2,3-14H3. The Kier molecular flexibility index (Phi) is 26.5. The van der Waals surface area contributed by atoms with E-state index >= 15 is 0 Å². The van der Waals surface area contributed by atoms with Gasteiger partial charge < -0.3 is 37.9 Å². The molecule has 0 saturated heterocycles. The Morgan fingerprint density at radius 1 is 0.559 bits per heavy atom. The maximum Gasteiger partial charge on any atom is 0.330 e. The first-order chi connectivity index (χ1) is 27.6. The molecule has 6 unspecified atom stereocenters. The van der Waals surface area contributed by atoms with E-state index in [0.717, 1.165) is 12.2 Å². The van der Waals surface area contributed by atoms with Crippen LogP contribution in [0.3, 0.4) is 0 Å². The van der Waals surface area contributed by atoms with Gasteiger partial charge in [0.2, 0.25) is 0 Å². The van der Waals surface area contributed by atoms with Gasteiger partial charge in [-0.3, -0.25) is 19.2 Å². The molecule has 0 spiro atoms. The number of hydrogen-bond acceptors (Lipinski definition) is 14. The Hall–Kier alpha value is -3.46. The Bertz CT molecular complexity index is 1320. The minimum Gasteiger partial charge on any atom is -0.463 e. The van der Waals surface area contributed by atoms with Crippen molar-refractivity contribution in [2.45, 2.75) is 183 Å². The molecule has 14 nitrogen and oxygen atoms in total. The van der Waals surface area contributed by atoms with Crippen molar-refractivity contribution in [3.8, 4) is 0 Å². The molecule has 6 atom stereocenters. The third kappa shape index (κ3) is 20.1. The molecule has 0 saturated carbocycles. The van der Waals surface area contributed by atoms with Gasteiger partial charge in [0.25, 0.3) is 0 Å². The number of carbonyl (C=O) groups is 6. The van der Waals surface area contributed by atoms with Crippen molar-refractivity contribution in [2.75, 3.05) is 33.0 Å². The fourth-order valence-electron chi connectivity index (χ4n) is 7.02. The van der Waals surface area contributed by atoms with Gasteiger partial charge in [0.05, 0.1) is 54.7 Å². The summed E-state index contributed by atoms with van der Waals surface area (Å²) in [7, 11) is 0. The van der Waals surface area contributed by atoms with Crippen LogP contribution in [0.5, 0.6) is 0 Å². The summed E-state index contributed by atoms with van der Waals surface area (Å²) in [4.78, 5) is 74.6. The number of Topliss-reactive ketones (excluding diaryl/α,β-unsaturated/α-hetero) is 2. The highest BCUT2D eigenvalue weighted by atomic mass is 16.6. The second-order valence-corrected chi connectivity index (χ2v) is 15.8. The summed E-state index contributed by atoms with van der Waals surface area (Å²) in [6.07, 6.45) is 2.85. The minimum absolute atomic E-state index is 0.0400.